The van der Waals surface area contributed by atoms with E-state index >= 15 is 0 Å². The largest absolute Gasteiger partial charge is 0.384 e. The number of pyridine rings is 1. The van der Waals surface area contributed by atoms with Gasteiger partial charge in [-0.15, -0.1) is 0 Å². The summed E-state index contributed by atoms with van der Waals surface area (Å²) in [7, 11) is 0. The Morgan fingerprint density at radius 2 is 2.38 bits per heavy atom. The Morgan fingerprint density at radius 3 is 3.06 bits per heavy atom. The molecule has 0 atom stereocenters. The van der Waals surface area contributed by atoms with Crippen molar-refractivity contribution >= 4 is 11.7 Å². The van der Waals surface area contributed by atoms with Gasteiger partial charge in [-0.25, -0.2) is 4.98 Å². The van der Waals surface area contributed by atoms with E-state index in [1.54, 1.807) is 18.3 Å². The summed E-state index contributed by atoms with van der Waals surface area (Å²) in [4.78, 5) is 15.5. The van der Waals surface area contributed by atoms with Crippen LogP contribution in [0.25, 0.3) is 0 Å². The first kappa shape index (κ1) is 10.9. The summed E-state index contributed by atoms with van der Waals surface area (Å²) in [5.74, 6) is 1.24. The molecule has 2 rings (SSSR count). The standard InChI is InChI=1S/C12H17N3O/c13-11-8-10(5-7-14-11)12(16)15-6-1-2-9-3-4-9/h5,7-9H,1-4,6H2,(H2,13,14)(H,15,16). The number of hydrogen-bond donors (Lipinski definition) is 2. The summed E-state index contributed by atoms with van der Waals surface area (Å²) < 4.78 is 0. The molecule has 4 heteroatoms. The number of nitrogen functional groups attached to an aromatic ring is 1. The molecule has 0 radical (unpaired) electrons. The third-order valence-electron chi connectivity index (χ3n) is 2.81. The monoisotopic (exact) mass is 219 g/mol. The lowest BCUT2D eigenvalue weighted by molar-refractivity contribution is 0.0952. The highest BCUT2D eigenvalue weighted by Crippen LogP contribution is 2.33. The molecule has 16 heavy (non-hydrogen) atoms. The van der Waals surface area contributed by atoms with Crippen LogP contribution >= 0.6 is 0 Å². The molecule has 4 nitrogen and oxygen atoms in total. The number of carbonyl (C=O) groups excluding carboxylic acids is 1. The Hall–Kier alpha value is -1.58. The second-order valence-corrected chi connectivity index (χ2v) is 4.31. The molecule has 0 aromatic carbocycles. The van der Waals surface area contributed by atoms with Crippen LogP contribution in [0.2, 0.25) is 0 Å². The minimum absolute atomic E-state index is 0.0649. The van der Waals surface area contributed by atoms with Crippen molar-refractivity contribution in [3.63, 3.8) is 0 Å². The summed E-state index contributed by atoms with van der Waals surface area (Å²) in [6.07, 6.45) is 6.59. The Labute approximate surface area is 95.3 Å². The summed E-state index contributed by atoms with van der Waals surface area (Å²) in [5, 5.41) is 2.89. The summed E-state index contributed by atoms with van der Waals surface area (Å²) in [6.45, 7) is 0.748. The zero-order chi connectivity index (χ0) is 11.4. The molecule has 0 unspecified atom stereocenters. The fourth-order valence-corrected chi connectivity index (χ4v) is 1.69. The Bertz CT molecular complexity index is 374. The molecule has 1 fully saturated rings. The van der Waals surface area contributed by atoms with Crippen molar-refractivity contribution in [1.82, 2.24) is 10.3 Å². The third kappa shape index (κ3) is 3.22. The van der Waals surface area contributed by atoms with Gasteiger partial charge in [-0.1, -0.05) is 12.8 Å². The second-order valence-electron chi connectivity index (χ2n) is 4.31. The van der Waals surface area contributed by atoms with Gasteiger partial charge in [-0.2, -0.15) is 0 Å². The van der Waals surface area contributed by atoms with Crippen LogP contribution in [0.4, 0.5) is 5.82 Å². The minimum Gasteiger partial charge on any atom is -0.384 e. The van der Waals surface area contributed by atoms with Crippen LogP contribution in [0.15, 0.2) is 18.3 Å². The van der Waals surface area contributed by atoms with E-state index < -0.39 is 0 Å². The van der Waals surface area contributed by atoms with Crippen molar-refractivity contribution in [3.05, 3.63) is 23.9 Å². The van der Waals surface area contributed by atoms with Gasteiger partial charge in [0, 0.05) is 18.3 Å². The first-order chi connectivity index (χ1) is 7.75. The minimum atomic E-state index is -0.0649. The highest BCUT2D eigenvalue weighted by molar-refractivity contribution is 5.94. The van der Waals surface area contributed by atoms with Crippen LogP contribution in [0.5, 0.6) is 0 Å². The number of anilines is 1. The van der Waals surface area contributed by atoms with Crippen molar-refractivity contribution in [2.75, 3.05) is 12.3 Å². The summed E-state index contributed by atoms with van der Waals surface area (Å²) in [6, 6.07) is 3.27. The second kappa shape index (κ2) is 4.96. The predicted octanol–water partition coefficient (Wildman–Crippen LogP) is 1.58. The molecule has 1 aliphatic rings. The van der Waals surface area contributed by atoms with Crippen LogP contribution in [0.1, 0.15) is 36.0 Å². The average Bonchev–Trinajstić information content (AvgIpc) is 3.08. The summed E-state index contributed by atoms with van der Waals surface area (Å²) in [5.41, 5.74) is 6.09. The zero-order valence-corrected chi connectivity index (χ0v) is 9.28. The molecule has 1 heterocycles. The Kier molecular flexibility index (Phi) is 3.39. The van der Waals surface area contributed by atoms with Crippen LogP contribution in [0.3, 0.4) is 0 Å². The molecular weight excluding hydrogens is 202 g/mol. The first-order valence-corrected chi connectivity index (χ1v) is 5.75. The van der Waals surface area contributed by atoms with E-state index in [4.69, 9.17) is 5.73 Å². The van der Waals surface area contributed by atoms with Gasteiger partial charge in [0.25, 0.3) is 5.91 Å². The molecule has 0 aliphatic heterocycles. The van der Waals surface area contributed by atoms with E-state index in [1.807, 2.05) is 0 Å². The Morgan fingerprint density at radius 1 is 1.56 bits per heavy atom. The van der Waals surface area contributed by atoms with E-state index in [0.717, 1.165) is 18.9 Å². The van der Waals surface area contributed by atoms with Crippen molar-refractivity contribution in [1.29, 1.82) is 0 Å². The van der Waals surface area contributed by atoms with E-state index in [1.165, 1.54) is 19.3 Å². The fourth-order valence-electron chi connectivity index (χ4n) is 1.69. The molecular formula is C12H17N3O. The third-order valence-corrected chi connectivity index (χ3v) is 2.81. The quantitative estimate of drug-likeness (QED) is 0.739. The van der Waals surface area contributed by atoms with Crippen molar-refractivity contribution in [2.45, 2.75) is 25.7 Å². The fraction of sp³-hybridized carbons (Fsp3) is 0.500. The number of hydrogen-bond acceptors (Lipinski definition) is 3. The molecule has 1 aromatic rings. The maximum absolute atomic E-state index is 11.7. The topological polar surface area (TPSA) is 68.0 Å². The van der Waals surface area contributed by atoms with Gasteiger partial charge < -0.3 is 11.1 Å². The van der Waals surface area contributed by atoms with E-state index in [-0.39, 0.29) is 5.91 Å². The maximum Gasteiger partial charge on any atom is 0.251 e. The lowest BCUT2D eigenvalue weighted by Gasteiger charge is -2.04. The van der Waals surface area contributed by atoms with E-state index in [2.05, 4.69) is 10.3 Å². The molecule has 0 bridgehead atoms. The molecule has 1 aliphatic carbocycles. The maximum atomic E-state index is 11.7. The number of nitrogens with two attached hydrogens (primary N) is 1. The highest BCUT2D eigenvalue weighted by atomic mass is 16.1. The molecule has 1 aromatic heterocycles. The molecule has 1 amide bonds. The van der Waals surface area contributed by atoms with Gasteiger partial charge in [0.1, 0.15) is 5.82 Å². The van der Waals surface area contributed by atoms with Gasteiger partial charge in [-0.3, -0.25) is 4.79 Å². The van der Waals surface area contributed by atoms with Crippen molar-refractivity contribution in [3.8, 4) is 0 Å². The molecule has 0 spiro atoms. The molecule has 86 valence electrons. The first-order valence-electron chi connectivity index (χ1n) is 5.75. The lowest BCUT2D eigenvalue weighted by atomic mass is 10.2. The van der Waals surface area contributed by atoms with Crippen molar-refractivity contribution < 1.29 is 4.79 Å². The van der Waals surface area contributed by atoms with E-state index in [9.17, 15) is 4.79 Å². The molecule has 3 N–H and O–H groups in total. The van der Waals surface area contributed by atoms with E-state index in [0.29, 0.717) is 11.4 Å². The normalized spacial score (nSPS) is 14.8. The average molecular weight is 219 g/mol. The molecule has 1 saturated carbocycles. The van der Waals surface area contributed by atoms with Crippen LogP contribution in [0, 0.1) is 5.92 Å². The zero-order valence-electron chi connectivity index (χ0n) is 9.28. The number of rotatable bonds is 5. The van der Waals surface area contributed by atoms with Gasteiger partial charge in [0.05, 0.1) is 0 Å². The number of aromatic nitrogens is 1. The van der Waals surface area contributed by atoms with Crippen LogP contribution in [-0.4, -0.2) is 17.4 Å². The number of carbonyl (C=O) groups is 1. The predicted molar refractivity (Wildman–Crippen MR) is 62.9 cm³/mol. The molecule has 0 saturated heterocycles. The van der Waals surface area contributed by atoms with Crippen molar-refractivity contribution in [2.24, 2.45) is 5.92 Å². The summed E-state index contributed by atoms with van der Waals surface area (Å²) >= 11 is 0. The Balaban J connectivity index is 1.73. The van der Waals surface area contributed by atoms with Gasteiger partial charge in [0.15, 0.2) is 0 Å². The number of amides is 1. The SMILES string of the molecule is Nc1cc(C(=O)NCCCC2CC2)ccn1. The van der Waals surface area contributed by atoms with Crippen LogP contribution in [-0.2, 0) is 0 Å². The van der Waals surface area contributed by atoms with Crippen LogP contribution < -0.4 is 11.1 Å². The van der Waals surface area contributed by atoms with Gasteiger partial charge in [0.2, 0.25) is 0 Å². The van der Waals surface area contributed by atoms with Gasteiger partial charge >= 0.3 is 0 Å². The number of nitrogens with one attached hydrogen (secondary N) is 1. The smallest absolute Gasteiger partial charge is 0.251 e. The number of nitrogens with zero attached hydrogens (tertiary/aromatic N) is 1. The van der Waals surface area contributed by atoms with Gasteiger partial charge in [-0.05, 0) is 30.9 Å². The highest BCUT2D eigenvalue weighted by Gasteiger charge is 2.20. The lowest BCUT2D eigenvalue weighted by Crippen LogP contribution is -2.24.